The van der Waals surface area contributed by atoms with Gasteiger partial charge in [0.2, 0.25) is 0 Å². The molecule has 0 bridgehead atoms. The van der Waals surface area contributed by atoms with E-state index in [9.17, 15) is 14.9 Å². The van der Waals surface area contributed by atoms with Crippen LogP contribution >= 0.6 is 0 Å². The highest BCUT2D eigenvalue weighted by Gasteiger charge is 2.21. The molecule has 8 nitrogen and oxygen atoms in total. The lowest BCUT2D eigenvalue weighted by molar-refractivity contribution is -0.402. The number of hydrogen-bond donors (Lipinski definition) is 1. The third-order valence-corrected chi connectivity index (χ3v) is 4.17. The predicted molar refractivity (Wildman–Crippen MR) is 89.8 cm³/mol. The molecule has 1 atom stereocenters. The van der Waals surface area contributed by atoms with Gasteiger partial charge in [0.1, 0.15) is 10.7 Å². The molecule has 1 aromatic heterocycles. The zero-order chi connectivity index (χ0) is 18.0. The van der Waals surface area contributed by atoms with Gasteiger partial charge in [-0.3, -0.25) is 14.9 Å². The second kappa shape index (κ2) is 6.94. The van der Waals surface area contributed by atoms with Crippen molar-refractivity contribution in [2.75, 3.05) is 27.2 Å². The molecule has 3 rings (SSSR count). The van der Waals surface area contributed by atoms with E-state index in [-0.39, 0.29) is 11.8 Å². The zero-order valence-corrected chi connectivity index (χ0v) is 14.0. The van der Waals surface area contributed by atoms with E-state index in [1.807, 2.05) is 31.1 Å². The summed E-state index contributed by atoms with van der Waals surface area (Å²) in [6, 6.07) is 8.45. The van der Waals surface area contributed by atoms with Gasteiger partial charge >= 0.3 is 5.88 Å². The molecule has 132 valence electrons. The van der Waals surface area contributed by atoms with Crippen LogP contribution in [0.2, 0.25) is 0 Å². The van der Waals surface area contributed by atoms with Crippen LogP contribution in [0.25, 0.3) is 0 Å². The summed E-state index contributed by atoms with van der Waals surface area (Å²) in [5.41, 5.74) is 2.23. The third kappa shape index (κ3) is 3.63. The summed E-state index contributed by atoms with van der Waals surface area (Å²) < 4.78 is 10.4. The number of ether oxygens (including phenoxy) is 1. The second-order valence-electron chi connectivity index (χ2n) is 6.05. The average molecular weight is 345 g/mol. The van der Waals surface area contributed by atoms with Gasteiger partial charge in [0.05, 0.1) is 18.7 Å². The highest BCUT2D eigenvalue weighted by Crippen LogP contribution is 2.29. The van der Waals surface area contributed by atoms with Crippen molar-refractivity contribution in [3.05, 3.63) is 57.3 Å². The van der Waals surface area contributed by atoms with Crippen molar-refractivity contribution >= 4 is 11.8 Å². The Labute approximate surface area is 144 Å². The van der Waals surface area contributed by atoms with Crippen molar-refractivity contribution < 1.29 is 18.9 Å². The lowest BCUT2D eigenvalue weighted by atomic mass is 10.0. The molecular weight excluding hydrogens is 326 g/mol. The first kappa shape index (κ1) is 17.0. The number of likely N-dealkylation sites (N-methyl/N-ethyl adjacent to an activating group) is 1. The first-order valence-corrected chi connectivity index (χ1v) is 7.90. The van der Waals surface area contributed by atoms with Gasteiger partial charge in [0.15, 0.2) is 5.76 Å². The third-order valence-electron chi connectivity index (χ3n) is 4.17. The van der Waals surface area contributed by atoms with E-state index in [4.69, 9.17) is 9.15 Å². The monoisotopic (exact) mass is 345 g/mol. The lowest BCUT2D eigenvalue weighted by Gasteiger charge is -2.25. The molecule has 1 aromatic carbocycles. The van der Waals surface area contributed by atoms with Crippen molar-refractivity contribution in [1.82, 2.24) is 10.2 Å². The molecule has 2 heterocycles. The fourth-order valence-corrected chi connectivity index (χ4v) is 2.84. The number of hydrogen-bond acceptors (Lipinski definition) is 6. The Balaban J connectivity index is 1.69. The number of furan rings is 1. The minimum absolute atomic E-state index is 0.0419. The van der Waals surface area contributed by atoms with Crippen LogP contribution in [0.5, 0.6) is 5.75 Å². The molecule has 0 aliphatic carbocycles. The fraction of sp³-hybridized carbons (Fsp3) is 0.353. The molecule has 2 aromatic rings. The van der Waals surface area contributed by atoms with Gasteiger partial charge in [-0.1, -0.05) is 12.1 Å². The summed E-state index contributed by atoms with van der Waals surface area (Å²) >= 11 is 0. The number of fused-ring (bicyclic) bond motifs is 1. The zero-order valence-electron chi connectivity index (χ0n) is 14.0. The summed E-state index contributed by atoms with van der Waals surface area (Å²) in [7, 11) is 3.86. The van der Waals surface area contributed by atoms with Gasteiger partial charge < -0.3 is 19.4 Å². The summed E-state index contributed by atoms with van der Waals surface area (Å²) in [5, 5.41) is 13.4. The standard InChI is InChI=1S/C17H19N3O5/c1-19(2)13(11-3-4-14-12(9-11)7-8-24-14)10-18-17(21)15-5-6-16(25-15)20(22)23/h3-6,9,13H,7-8,10H2,1-2H3,(H,18,21). The Morgan fingerprint density at radius 1 is 1.36 bits per heavy atom. The molecule has 1 N–H and O–H groups in total. The molecule has 25 heavy (non-hydrogen) atoms. The Hall–Kier alpha value is -2.87. The van der Waals surface area contributed by atoms with Crippen LogP contribution in [-0.2, 0) is 6.42 Å². The van der Waals surface area contributed by atoms with Crippen molar-refractivity contribution in [2.45, 2.75) is 12.5 Å². The largest absolute Gasteiger partial charge is 0.493 e. The Morgan fingerprint density at radius 2 is 2.16 bits per heavy atom. The van der Waals surface area contributed by atoms with E-state index in [0.29, 0.717) is 13.2 Å². The van der Waals surface area contributed by atoms with Crippen LogP contribution in [0, 0.1) is 10.1 Å². The predicted octanol–water partition coefficient (Wildman–Crippen LogP) is 2.16. The molecule has 0 radical (unpaired) electrons. The summed E-state index contributed by atoms with van der Waals surface area (Å²) in [6.45, 7) is 1.04. The Kier molecular flexibility index (Phi) is 4.71. The maximum Gasteiger partial charge on any atom is 0.433 e. The molecule has 0 saturated carbocycles. The molecule has 8 heteroatoms. The number of nitrogens with one attached hydrogen (secondary N) is 1. The number of rotatable bonds is 6. The number of nitro groups is 1. The normalized spacial score (nSPS) is 14.0. The first-order chi connectivity index (χ1) is 12.0. The van der Waals surface area contributed by atoms with Crippen LogP contribution in [0.15, 0.2) is 34.7 Å². The molecule has 0 saturated heterocycles. The van der Waals surface area contributed by atoms with Crippen molar-refractivity contribution in [3.63, 3.8) is 0 Å². The van der Waals surface area contributed by atoms with Gasteiger partial charge in [0.25, 0.3) is 5.91 Å². The van der Waals surface area contributed by atoms with Crippen molar-refractivity contribution in [2.24, 2.45) is 0 Å². The average Bonchev–Trinajstić information content (AvgIpc) is 3.23. The Bertz CT molecular complexity index is 799. The van der Waals surface area contributed by atoms with Gasteiger partial charge in [-0.15, -0.1) is 0 Å². The van der Waals surface area contributed by atoms with E-state index < -0.39 is 16.7 Å². The fourth-order valence-electron chi connectivity index (χ4n) is 2.84. The number of carbonyl (C=O) groups excluding carboxylic acids is 1. The Morgan fingerprint density at radius 3 is 2.84 bits per heavy atom. The quantitative estimate of drug-likeness (QED) is 0.636. The summed E-state index contributed by atoms with van der Waals surface area (Å²) in [4.78, 5) is 24.1. The molecule has 0 fully saturated rings. The van der Waals surface area contributed by atoms with Crippen LogP contribution in [0.3, 0.4) is 0 Å². The van der Waals surface area contributed by atoms with E-state index in [0.717, 1.165) is 23.3 Å². The number of benzene rings is 1. The maximum absolute atomic E-state index is 12.2. The van der Waals surface area contributed by atoms with Crippen molar-refractivity contribution in [3.8, 4) is 5.75 Å². The second-order valence-corrected chi connectivity index (χ2v) is 6.05. The van der Waals surface area contributed by atoms with Crippen LogP contribution in [0.1, 0.15) is 27.7 Å². The minimum Gasteiger partial charge on any atom is -0.493 e. The van der Waals surface area contributed by atoms with E-state index in [1.165, 1.54) is 12.1 Å². The van der Waals surface area contributed by atoms with Gasteiger partial charge in [-0.05, 0) is 37.4 Å². The highest BCUT2D eigenvalue weighted by molar-refractivity contribution is 5.91. The molecule has 1 aliphatic heterocycles. The van der Waals surface area contributed by atoms with Crippen LogP contribution in [0.4, 0.5) is 5.88 Å². The summed E-state index contributed by atoms with van der Waals surface area (Å²) in [5.74, 6) is -0.0999. The van der Waals surface area contributed by atoms with Crippen LogP contribution in [-0.4, -0.2) is 43.0 Å². The number of nitrogens with zero attached hydrogens (tertiary/aromatic N) is 2. The van der Waals surface area contributed by atoms with Crippen molar-refractivity contribution in [1.29, 1.82) is 0 Å². The van der Waals surface area contributed by atoms with E-state index in [1.54, 1.807) is 0 Å². The first-order valence-electron chi connectivity index (χ1n) is 7.90. The van der Waals surface area contributed by atoms with Gasteiger partial charge in [-0.25, -0.2) is 0 Å². The number of carbonyl (C=O) groups is 1. The van der Waals surface area contributed by atoms with E-state index >= 15 is 0 Å². The molecular formula is C17H19N3O5. The van der Waals surface area contributed by atoms with Crippen LogP contribution < -0.4 is 10.1 Å². The maximum atomic E-state index is 12.2. The SMILES string of the molecule is CN(C)C(CNC(=O)c1ccc([N+](=O)[O-])o1)c1ccc2c(c1)CCO2. The number of amides is 1. The lowest BCUT2D eigenvalue weighted by Crippen LogP contribution is -2.34. The van der Waals surface area contributed by atoms with E-state index in [2.05, 4.69) is 11.4 Å². The minimum atomic E-state index is -0.675. The molecule has 1 unspecified atom stereocenters. The topological polar surface area (TPSA) is 97.9 Å². The molecule has 1 amide bonds. The van der Waals surface area contributed by atoms with Gasteiger partial charge in [-0.2, -0.15) is 0 Å². The summed E-state index contributed by atoms with van der Waals surface area (Å²) in [6.07, 6.45) is 0.881. The van der Waals surface area contributed by atoms with Gasteiger partial charge in [0, 0.05) is 13.0 Å². The smallest absolute Gasteiger partial charge is 0.433 e. The highest BCUT2D eigenvalue weighted by atomic mass is 16.6. The molecule has 0 spiro atoms. The molecule has 1 aliphatic rings.